The van der Waals surface area contributed by atoms with Crippen molar-refractivity contribution in [2.75, 3.05) is 25.5 Å². The van der Waals surface area contributed by atoms with E-state index in [1.807, 2.05) is 18.2 Å². The van der Waals surface area contributed by atoms with Gasteiger partial charge in [0.05, 0.1) is 6.04 Å². The van der Waals surface area contributed by atoms with E-state index >= 15 is 0 Å². The first-order valence-electron chi connectivity index (χ1n) is 7.06. The van der Waals surface area contributed by atoms with Gasteiger partial charge < -0.3 is 15.5 Å². The molecule has 1 fully saturated rings. The van der Waals surface area contributed by atoms with Gasteiger partial charge >= 0.3 is 0 Å². The molecule has 2 N–H and O–H groups in total. The van der Waals surface area contributed by atoms with E-state index in [-0.39, 0.29) is 30.3 Å². The first-order chi connectivity index (χ1) is 9.65. The molecule has 1 aromatic rings. The largest absolute Gasteiger partial charge is 0.385 e. The summed E-state index contributed by atoms with van der Waals surface area (Å²) < 4.78 is 0. The zero-order valence-electron chi connectivity index (χ0n) is 12.0. The van der Waals surface area contributed by atoms with E-state index < -0.39 is 0 Å². The lowest BCUT2D eigenvalue weighted by molar-refractivity contribution is -0.126. The summed E-state index contributed by atoms with van der Waals surface area (Å²) in [4.78, 5) is 25.6. The van der Waals surface area contributed by atoms with Crippen LogP contribution in [0.25, 0.3) is 0 Å². The molecular weight excluding hydrogens is 290 g/mol. The van der Waals surface area contributed by atoms with Crippen LogP contribution >= 0.6 is 12.4 Å². The molecule has 2 heterocycles. The first kappa shape index (κ1) is 15.6. The molecule has 1 unspecified atom stereocenters. The lowest BCUT2D eigenvalue weighted by atomic mass is 9.97. The van der Waals surface area contributed by atoms with Gasteiger partial charge in [-0.25, -0.2) is 0 Å². The number of fused-ring (bicyclic) bond motifs is 1. The standard InChI is InChI=1S/C15H19N3O2.ClH/c1-18-9-10(8-14(18)19)17-15(20)12-4-2-6-13-11(12)5-3-7-16-13;/h2,4,6,10,16H,3,5,7-9H2,1H3,(H,17,20);1H. The van der Waals surface area contributed by atoms with Crippen molar-refractivity contribution in [3.63, 3.8) is 0 Å². The second-order valence-electron chi connectivity index (χ2n) is 5.51. The summed E-state index contributed by atoms with van der Waals surface area (Å²) in [5.41, 5.74) is 2.88. The maximum absolute atomic E-state index is 12.4. The third kappa shape index (κ3) is 3.13. The second-order valence-corrected chi connectivity index (χ2v) is 5.51. The van der Waals surface area contributed by atoms with Crippen molar-refractivity contribution in [2.24, 2.45) is 0 Å². The fraction of sp³-hybridized carbons (Fsp3) is 0.467. The minimum absolute atomic E-state index is 0. The summed E-state index contributed by atoms with van der Waals surface area (Å²) in [7, 11) is 1.77. The molecule has 2 aliphatic heterocycles. The number of halogens is 1. The van der Waals surface area contributed by atoms with Crippen LogP contribution in [0, 0.1) is 0 Å². The second kappa shape index (κ2) is 6.35. The minimum atomic E-state index is -0.0765. The highest BCUT2D eigenvalue weighted by Crippen LogP contribution is 2.25. The van der Waals surface area contributed by atoms with Crippen LogP contribution in [0.3, 0.4) is 0 Å². The third-order valence-corrected chi connectivity index (χ3v) is 4.02. The quantitative estimate of drug-likeness (QED) is 0.869. The number of benzene rings is 1. The van der Waals surface area contributed by atoms with Crippen LogP contribution < -0.4 is 10.6 Å². The summed E-state index contributed by atoms with van der Waals surface area (Å²) in [6.45, 7) is 1.55. The van der Waals surface area contributed by atoms with Gasteiger partial charge in [0.15, 0.2) is 0 Å². The van der Waals surface area contributed by atoms with Crippen LogP contribution in [0.1, 0.15) is 28.8 Å². The van der Waals surface area contributed by atoms with Gasteiger partial charge in [0.25, 0.3) is 5.91 Å². The van der Waals surface area contributed by atoms with Gasteiger partial charge in [-0.1, -0.05) is 6.07 Å². The number of nitrogens with zero attached hydrogens (tertiary/aromatic N) is 1. The molecule has 1 aromatic carbocycles. The molecule has 21 heavy (non-hydrogen) atoms. The molecule has 2 amide bonds. The number of hydrogen-bond donors (Lipinski definition) is 2. The number of amides is 2. The van der Waals surface area contributed by atoms with Gasteiger partial charge in [-0.05, 0) is 30.5 Å². The Kier molecular flexibility index (Phi) is 4.73. The Balaban J connectivity index is 0.00000161. The van der Waals surface area contributed by atoms with E-state index in [9.17, 15) is 9.59 Å². The zero-order valence-corrected chi connectivity index (χ0v) is 12.8. The van der Waals surface area contributed by atoms with Gasteiger partial charge in [0.2, 0.25) is 5.91 Å². The molecule has 0 radical (unpaired) electrons. The number of anilines is 1. The Morgan fingerprint density at radius 1 is 1.43 bits per heavy atom. The summed E-state index contributed by atoms with van der Waals surface area (Å²) in [5.74, 6) is 0.0192. The van der Waals surface area contributed by atoms with E-state index in [4.69, 9.17) is 0 Å². The number of nitrogens with one attached hydrogen (secondary N) is 2. The van der Waals surface area contributed by atoms with Crippen LogP contribution in [-0.2, 0) is 11.2 Å². The zero-order chi connectivity index (χ0) is 14.1. The van der Waals surface area contributed by atoms with Crippen molar-refractivity contribution in [2.45, 2.75) is 25.3 Å². The van der Waals surface area contributed by atoms with Gasteiger partial charge in [-0.2, -0.15) is 0 Å². The molecule has 5 nitrogen and oxygen atoms in total. The van der Waals surface area contributed by atoms with Gasteiger partial charge in [-0.3, -0.25) is 9.59 Å². The Hall–Kier alpha value is -1.75. The Morgan fingerprint density at radius 3 is 2.95 bits per heavy atom. The lowest BCUT2D eigenvalue weighted by Crippen LogP contribution is -2.37. The van der Waals surface area contributed by atoms with Crippen LogP contribution in [0.15, 0.2) is 18.2 Å². The van der Waals surface area contributed by atoms with E-state index in [2.05, 4.69) is 10.6 Å². The Labute approximate surface area is 130 Å². The smallest absolute Gasteiger partial charge is 0.251 e. The fourth-order valence-electron chi connectivity index (χ4n) is 2.95. The average Bonchev–Trinajstić information content (AvgIpc) is 2.76. The molecule has 2 aliphatic rings. The number of carbonyl (C=O) groups is 2. The Morgan fingerprint density at radius 2 is 2.24 bits per heavy atom. The number of likely N-dealkylation sites (N-methyl/N-ethyl adjacent to an activating group) is 1. The monoisotopic (exact) mass is 309 g/mol. The predicted molar refractivity (Wildman–Crippen MR) is 84.0 cm³/mol. The minimum Gasteiger partial charge on any atom is -0.385 e. The van der Waals surface area contributed by atoms with Crippen LogP contribution in [-0.4, -0.2) is 42.9 Å². The van der Waals surface area contributed by atoms with Crippen molar-refractivity contribution in [1.82, 2.24) is 10.2 Å². The third-order valence-electron chi connectivity index (χ3n) is 4.02. The molecular formula is C15H20ClN3O2. The molecule has 0 saturated carbocycles. The lowest BCUT2D eigenvalue weighted by Gasteiger charge is -2.21. The first-order valence-corrected chi connectivity index (χ1v) is 7.06. The van der Waals surface area contributed by atoms with Crippen LogP contribution in [0.5, 0.6) is 0 Å². The number of hydrogen-bond acceptors (Lipinski definition) is 3. The molecule has 0 aromatic heterocycles. The normalized spacial score (nSPS) is 20.3. The predicted octanol–water partition coefficient (Wildman–Crippen LogP) is 1.43. The van der Waals surface area contributed by atoms with Crippen molar-refractivity contribution in [3.8, 4) is 0 Å². The molecule has 6 heteroatoms. The summed E-state index contributed by atoms with van der Waals surface area (Å²) in [6, 6.07) is 5.70. The summed E-state index contributed by atoms with van der Waals surface area (Å²) in [5, 5.41) is 6.30. The molecule has 0 spiro atoms. The van der Waals surface area contributed by atoms with Crippen molar-refractivity contribution in [1.29, 1.82) is 0 Å². The van der Waals surface area contributed by atoms with E-state index in [0.29, 0.717) is 13.0 Å². The van der Waals surface area contributed by atoms with Gasteiger partial charge in [-0.15, -0.1) is 12.4 Å². The van der Waals surface area contributed by atoms with E-state index in [0.717, 1.165) is 36.2 Å². The maximum atomic E-state index is 12.4. The molecule has 1 saturated heterocycles. The molecule has 0 bridgehead atoms. The summed E-state index contributed by atoms with van der Waals surface area (Å²) >= 11 is 0. The average molecular weight is 310 g/mol. The topological polar surface area (TPSA) is 61.4 Å². The Bertz CT molecular complexity index is 562. The number of rotatable bonds is 2. The highest BCUT2D eigenvalue weighted by atomic mass is 35.5. The molecule has 114 valence electrons. The fourth-order valence-corrected chi connectivity index (χ4v) is 2.95. The van der Waals surface area contributed by atoms with E-state index in [1.165, 1.54) is 0 Å². The van der Waals surface area contributed by atoms with Crippen LogP contribution in [0.2, 0.25) is 0 Å². The molecule has 3 rings (SSSR count). The van der Waals surface area contributed by atoms with Crippen LogP contribution in [0.4, 0.5) is 5.69 Å². The highest BCUT2D eigenvalue weighted by molar-refractivity contribution is 5.98. The highest BCUT2D eigenvalue weighted by Gasteiger charge is 2.28. The SMILES string of the molecule is CN1CC(NC(=O)c2cccc3c2CCCN3)CC1=O.Cl. The molecule has 0 aliphatic carbocycles. The van der Waals surface area contributed by atoms with Crippen molar-refractivity contribution < 1.29 is 9.59 Å². The van der Waals surface area contributed by atoms with Gasteiger partial charge in [0.1, 0.15) is 0 Å². The van der Waals surface area contributed by atoms with E-state index in [1.54, 1.807) is 11.9 Å². The van der Waals surface area contributed by atoms with Crippen molar-refractivity contribution in [3.05, 3.63) is 29.3 Å². The molecule has 1 atom stereocenters. The number of likely N-dealkylation sites (tertiary alicyclic amines) is 1. The van der Waals surface area contributed by atoms with Crippen molar-refractivity contribution >= 4 is 29.9 Å². The summed E-state index contributed by atoms with van der Waals surface area (Å²) in [6.07, 6.45) is 2.37. The number of carbonyl (C=O) groups excluding carboxylic acids is 2. The maximum Gasteiger partial charge on any atom is 0.251 e. The van der Waals surface area contributed by atoms with Gasteiger partial charge in [0, 0.05) is 37.8 Å².